The molecule has 1 heterocycles. The zero-order valence-corrected chi connectivity index (χ0v) is 16.4. The van der Waals surface area contributed by atoms with Gasteiger partial charge in [-0.15, -0.1) is 0 Å². The lowest BCUT2D eigenvalue weighted by Gasteiger charge is -2.45. The third-order valence-corrected chi connectivity index (χ3v) is 5.42. The van der Waals surface area contributed by atoms with Crippen LogP contribution in [0.3, 0.4) is 0 Å². The minimum Gasteiger partial charge on any atom is -0.633 e. The number of nitrogens with zero attached hydrogens (tertiary/aromatic N) is 2. The van der Waals surface area contributed by atoms with Gasteiger partial charge in [0.25, 0.3) is 5.91 Å². The molecular weight excluding hydrogens is 392 g/mol. The van der Waals surface area contributed by atoms with Crippen LogP contribution in [0.1, 0.15) is 37.5 Å². The summed E-state index contributed by atoms with van der Waals surface area (Å²) in [5, 5.41) is 15.6. The Balaban J connectivity index is 0.00000300. The summed E-state index contributed by atoms with van der Waals surface area (Å²) in [5.74, 6) is -0.428. The summed E-state index contributed by atoms with van der Waals surface area (Å²) >= 11 is 5.97. The fraction of sp³-hybridized carbons (Fsp3) is 0.474. The summed E-state index contributed by atoms with van der Waals surface area (Å²) in [5.41, 5.74) is 0.751. The lowest BCUT2D eigenvalue weighted by molar-refractivity contribution is -0.868. The minimum atomic E-state index is -2.99. The van der Waals surface area contributed by atoms with Crippen molar-refractivity contribution in [3.63, 3.8) is 0 Å². The number of fused-ring (bicyclic) bond motifs is 1. The maximum atomic E-state index is 12.6. The number of nitrogens with one attached hydrogen (secondary N) is 1. The van der Waals surface area contributed by atoms with Crippen LogP contribution in [0.15, 0.2) is 24.4 Å². The number of alkyl halides is 2. The summed E-state index contributed by atoms with van der Waals surface area (Å²) in [6.07, 6.45) is 4.42. The van der Waals surface area contributed by atoms with Crippen LogP contribution < -0.4 is 10.1 Å². The van der Waals surface area contributed by atoms with E-state index in [9.17, 15) is 18.8 Å². The van der Waals surface area contributed by atoms with Crippen molar-refractivity contribution in [2.45, 2.75) is 44.4 Å². The van der Waals surface area contributed by atoms with Gasteiger partial charge >= 0.3 is 6.61 Å². The van der Waals surface area contributed by atoms with Crippen LogP contribution in [0, 0.1) is 5.21 Å². The Bertz CT molecular complexity index is 872. The largest absolute Gasteiger partial charge is 0.633 e. The molecule has 154 valence electrons. The van der Waals surface area contributed by atoms with Crippen molar-refractivity contribution in [3.8, 4) is 5.75 Å². The molecule has 1 aromatic heterocycles. The highest BCUT2D eigenvalue weighted by Gasteiger charge is 2.28. The molecular formula is C19H24ClF2N3O3. The van der Waals surface area contributed by atoms with E-state index in [2.05, 4.69) is 15.0 Å². The van der Waals surface area contributed by atoms with Crippen LogP contribution in [0.5, 0.6) is 5.75 Å². The summed E-state index contributed by atoms with van der Waals surface area (Å²) < 4.78 is 28.9. The molecule has 6 nitrogen and oxygen atoms in total. The van der Waals surface area contributed by atoms with Crippen molar-refractivity contribution < 1.29 is 24.4 Å². The molecule has 0 radical (unpaired) electrons. The fourth-order valence-corrected chi connectivity index (χ4v) is 3.77. The number of hydroxylamine groups is 3. The highest BCUT2D eigenvalue weighted by atomic mass is 35.5. The molecule has 1 amide bonds. The molecule has 28 heavy (non-hydrogen) atoms. The number of ether oxygens (including phenoxy) is 1. The van der Waals surface area contributed by atoms with E-state index in [1.807, 2.05) is 0 Å². The van der Waals surface area contributed by atoms with Gasteiger partial charge in [-0.05, 0) is 25.0 Å². The van der Waals surface area contributed by atoms with Crippen molar-refractivity contribution >= 4 is 28.4 Å². The standard InChI is InChI=1S/C19H22ClF2N3O3.H2/c1-25(2,27)14-5-3-13(4-6-14)24-18(26)12-7-11-8-15(20)17(28-19(21)22)9-16(11)23-10-12;/h7-10,13-14,19H,3-6H2,1-2H3,(H,24,26);1H. The second-order valence-corrected chi connectivity index (χ2v) is 7.90. The van der Waals surface area contributed by atoms with Gasteiger partial charge in [-0.3, -0.25) is 9.78 Å². The second-order valence-electron chi connectivity index (χ2n) is 7.49. The van der Waals surface area contributed by atoms with Gasteiger partial charge in [0.15, 0.2) is 0 Å². The first kappa shape index (κ1) is 20.7. The number of quaternary nitrogens is 1. The van der Waals surface area contributed by atoms with E-state index in [1.165, 1.54) is 18.3 Å². The van der Waals surface area contributed by atoms with Crippen LogP contribution >= 0.6 is 11.6 Å². The molecule has 1 N–H and O–H groups in total. The van der Waals surface area contributed by atoms with E-state index in [-0.39, 0.29) is 34.8 Å². The van der Waals surface area contributed by atoms with Crippen LogP contribution in [0.25, 0.3) is 10.9 Å². The van der Waals surface area contributed by atoms with E-state index in [0.29, 0.717) is 16.5 Å². The van der Waals surface area contributed by atoms with Crippen LogP contribution in [-0.4, -0.2) is 48.3 Å². The van der Waals surface area contributed by atoms with Crippen LogP contribution in [0.4, 0.5) is 8.78 Å². The van der Waals surface area contributed by atoms with Crippen molar-refractivity contribution in [3.05, 3.63) is 40.2 Å². The maximum Gasteiger partial charge on any atom is 0.387 e. The van der Waals surface area contributed by atoms with Gasteiger partial charge in [0.05, 0.1) is 36.2 Å². The van der Waals surface area contributed by atoms with Crippen molar-refractivity contribution in [1.82, 2.24) is 10.3 Å². The number of aromatic nitrogens is 1. The lowest BCUT2D eigenvalue weighted by atomic mass is 9.90. The van der Waals surface area contributed by atoms with Gasteiger partial charge < -0.3 is 19.9 Å². The normalized spacial score (nSPS) is 20.4. The molecule has 0 aliphatic heterocycles. The van der Waals surface area contributed by atoms with E-state index < -0.39 is 6.61 Å². The Morgan fingerprint density at radius 1 is 1.32 bits per heavy atom. The van der Waals surface area contributed by atoms with Crippen molar-refractivity contribution in [1.29, 1.82) is 0 Å². The summed E-state index contributed by atoms with van der Waals surface area (Å²) in [6, 6.07) is 4.44. The van der Waals surface area contributed by atoms with Gasteiger partial charge in [-0.25, -0.2) is 0 Å². The summed E-state index contributed by atoms with van der Waals surface area (Å²) in [7, 11) is 3.29. The number of amides is 1. The first-order chi connectivity index (χ1) is 13.1. The molecule has 1 aliphatic rings. The molecule has 9 heteroatoms. The molecule has 1 fully saturated rings. The topological polar surface area (TPSA) is 74.3 Å². The maximum absolute atomic E-state index is 12.6. The number of hydrogen-bond donors (Lipinski definition) is 1. The molecule has 3 rings (SSSR count). The Hall–Kier alpha value is -2.03. The summed E-state index contributed by atoms with van der Waals surface area (Å²) in [4.78, 5) is 16.7. The lowest BCUT2D eigenvalue weighted by Crippen LogP contribution is -2.48. The molecule has 2 aromatic rings. The number of hydrogen-bond acceptors (Lipinski definition) is 4. The van der Waals surface area contributed by atoms with Gasteiger partial charge in [0.2, 0.25) is 0 Å². The molecule has 1 aliphatic carbocycles. The number of benzene rings is 1. The van der Waals surface area contributed by atoms with Crippen LogP contribution in [-0.2, 0) is 0 Å². The number of pyridine rings is 1. The van der Waals surface area contributed by atoms with E-state index in [4.69, 9.17) is 11.6 Å². The number of carbonyl (C=O) groups is 1. The summed E-state index contributed by atoms with van der Waals surface area (Å²) in [6.45, 7) is -2.99. The Labute approximate surface area is 168 Å². The average Bonchev–Trinajstić information content (AvgIpc) is 2.61. The van der Waals surface area contributed by atoms with Crippen LogP contribution in [0.2, 0.25) is 5.02 Å². The molecule has 0 atom stereocenters. The van der Waals surface area contributed by atoms with Gasteiger partial charge in [0, 0.05) is 38.0 Å². The van der Waals surface area contributed by atoms with Crippen molar-refractivity contribution in [2.24, 2.45) is 0 Å². The first-order valence-corrected chi connectivity index (χ1v) is 9.41. The molecule has 0 spiro atoms. The third-order valence-electron chi connectivity index (χ3n) is 5.12. The number of carbonyl (C=O) groups excluding carboxylic acids is 1. The first-order valence-electron chi connectivity index (χ1n) is 9.03. The molecule has 0 bridgehead atoms. The average molecular weight is 416 g/mol. The molecule has 0 saturated heterocycles. The zero-order chi connectivity index (χ0) is 20.5. The van der Waals surface area contributed by atoms with Gasteiger partial charge in [-0.1, -0.05) is 11.6 Å². The van der Waals surface area contributed by atoms with E-state index >= 15 is 0 Å². The second kappa shape index (κ2) is 8.14. The predicted octanol–water partition coefficient (Wildman–Crippen LogP) is 4.35. The van der Waals surface area contributed by atoms with Crippen molar-refractivity contribution in [2.75, 3.05) is 14.1 Å². The molecule has 0 unspecified atom stereocenters. The zero-order valence-electron chi connectivity index (χ0n) is 15.6. The Morgan fingerprint density at radius 3 is 2.61 bits per heavy atom. The molecule has 1 aromatic carbocycles. The quantitative estimate of drug-likeness (QED) is 0.582. The van der Waals surface area contributed by atoms with E-state index in [1.54, 1.807) is 20.2 Å². The highest BCUT2D eigenvalue weighted by molar-refractivity contribution is 6.32. The minimum absolute atomic E-state index is 0. The highest BCUT2D eigenvalue weighted by Crippen LogP contribution is 2.31. The monoisotopic (exact) mass is 415 g/mol. The fourth-order valence-electron chi connectivity index (χ4n) is 3.55. The van der Waals surface area contributed by atoms with Gasteiger partial charge in [-0.2, -0.15) is 8.78 Å². The Kier molecular flexibility index (Phi) is 6.02. The predicted molar refractivity (Wildman–Crippen MR) is 104 cm³/mol. The number of rotatable bonds is 5. The SMILES string of the molecule is C[N+](C)([O-])C1CCC(NC(=O)c2cnc3cc(OC(F)F)c(Cl)cc3c2)CC1.[HH]. The molecule has 1 saturated carbocycles. The van der Waals surface area contributed by atoms with Gasteiger partial charge in [0.1, 0.15) is 5.75 Å². The third kappa shape index (κ3) is 4.87. The number of halogens is 3. The smallest absolute Gasteiger partial charge is 0.387 e. The Morgan fingerprint density at radius 2 is 2.00 bits per heavy atom. The van der Waals surface area contributed by atoms with E-state index in [0.717, 1.165) is 25.7 Å².